The number of aliphatic hydroxyl groups excluding tert-OH is 1. The Kier molecular flexibility index (Phi) is 2.39. The molecule has 70 valence electrons. The minimum absolute atomic E-state index is 0.00736. The third-order valence-corrected chi connectivity index (χ3v) is 3.31. The average molecular weight is 262 g/mol. The van der Waals surface area contributed by atoms with Gasteiger partial charge in [-0.15, -0.1) is 0 Å². The summed E-state index contributed by atoms with van der Waals surface area (Å²) in [6.07, 6.45) is 2.13. The monoisotopic (exact) mass is 260 g/mol. The van der Waals surface area contributed by atoms with Crippen molar-refractivity contribution in [3.8, 4) is 0 Å². The maximum absolute atomic E-state index is 9.23. The summed E-state index contributed by atoms with van der Waals surface area (Å²) in [4.78, 5) is 0. The zero-order valence-corrected chi connectivity index (χ0v) is 9.40. The Labute approximate surface area is 90.9 Å². The van der Waals surface area contributed by atoms with Crippen molar-refractivity contribution < 1.29 is 5.11 Å². The molecule has 0 atom stereocenters. The quantitative estimate of drug-likeness (QED) is 0.867. The minimum atomic E-state index is 0.00736. The summed E-state index contributed by atoms with van der Waals surface area (Å²) in [5.41, 5.74) is 1.15. The summed E-state index contributed by atoms with van der Waals surface area (Å²) in [6, 6.07) is 5.84. The highest BCUT2D eigenvalue weighted by Gasteiger charge is 2.43. The van der Waals surface area contributed by atoms with Crippen LogP contribution in [0.5, 0.6) is 0 Å². The van der Waals surface area contributed by atoms with Crippen molar-refractivity contribution in [2.45, 2.75) is 18.3 Å². The van der Waals surface area contributed by atoms with Gasteiger partial charge in [0.2, 0.25) is 0 Å². The fourth-order valence-electron chi connectivity index (χ4n) is 1.55. The molecule has 1 nitrogen and oxygen atoms in total. The van der Waals surface area contributed by atoms with Gasteiger partial charge in [-0.2, -0.15) is 0 Å². The van der Waals surface area contributed by atoms with E-state index in [0.29, 0.717) is 0 Å². The van der Waals surface area contributed by atoms with Gasteiger partial charge in [-0.25, -0.2) is 0 Å². The summed E-state index contributed by atoms with van der Waals surface area (Å²) in [7, 11) is 0. The van der Waals surface area contributed by atoms with Gasteiger partial charge in [-0.3, -0.25) is 0 Å². The molecule has 1 saturated carbocycles. The van der Waals surface area contributed by atoms with Crippen LogP contribution in [0.2, 0.25) is 5.02 Å². The van der Waals surface area contributed by atoms with Crippen LogP contribution in [0.1, 0.15) is 18.4 Å². The van der Waals surface area contributed by atoms with E-state index >= 15 is 0 Å². The molecule has 0 heterocycles. The van der Waals surface area contributed by atoms with Crippen molar-refractivity contribution in [3.63, 3.8) is 0 Å². The van der Waals surface area contributed by atoms with Crippen molar-refractivity contribution >= 4 is 27.5 Å². The number of hydrogen-bond acceptors (Lipinski definition) is 1. The first-order valence-electron chi connectivity index (χ1n) is 4.24. The van der Waals surface area contributed by atoms with Gasteiger partial charge in [0.25, 0.3) is 0 Å². The molecular formula is C10H10BrClO. The van der Waals surface area contributed by atoms with E-state index in [-0.39, 0.29) is 12.0 Å². The molecular weight excluding hydrogens is 251 g/mol. The second-order valence-corrected chi connectivity index (χ2v) is 4.95. The molecule has 13 heavy (non-hydrogen) atoms. The van der Waals surface area contributed by atoms with Crippen LogP contribution in [-0.4, -0.2) is 11.7 Å². The highest BCUT2D eigenvalue weighted by molar-refractivity contribution is 9.10. The molecule has 0 amide bonds. The smallest absolute Gasteiger partial charge is 0.0527 e. The molecule has 1 aliphatic carbocycles. The lowest BCUT2D eigenvalue weighted by atomic mass is 9.97. The van der Waals surface area contributed by atoms with Crippen LogP contribution in [0, 0.1) is 0 Å². The van der Waals surface area contributed by atoms with E-state index in [1.165, 1.54) is 0 Å². The van der Waals surface area contributed by atoms with Gasteiger partial charge < -0.3 is 5.11 Å². The molecule has 1 aromatic rings. The van der Waals surface area contributed by atoms with Crippen LogP contribution >= 0.6 is 27.5 Å². The summed E-state index contributed by atoms with van der Waals surface area (Å²) >= 11 is 9.33. The molecule has 3 heteroatoms. The first kappa shape index (κ1) is 9.50. The number of rotatable bonds is 2. The predicted octanol–water partition coefficient (Wildman–Crippen LogP) is 3.13. The maximum atomic E-state index is 9.23. The average Bonchev–Trinajstić information content (AvgIpc) is 2.82. The van der Waals surface area contributed by atoms with Gasteiger partial charge in [0.1, 0.15) is 0 Å². The lowest BCUT2D eigenvalue weighted by Crippen LogP contribution is -2.11. The molecule has 1 aromatic carbocycles. The summed E-state index contributed by atoms with van der Waals surface area (Å²) in [5, 5.41) is 9.96. The van der Waals surface area contributed by atoms with Crippen LogP contribution in [0.25, 0.3) is 0 Å². The van der Waals surface area contributed by atoms with Crippen LogP contribution in [0.4, 0.5) is 0 Å². The molecule has 0 unspecified atom stereocenters. The molecule has 1 fully saturated rings. The van der Waals surface area contributed by atoms with Gasteiger partial charge in [0.05, 0.1) is 6.61 Å². The number of halogens is 2. The van der Waals surface area contributed by atoms with Crippen LogP contribution < -0.4 is 0 Å². The van der Waals surface area contributed by atoms with E-state index < -0.39 is 0 Å². The Morgan fingerprint density at radius 3 is 2.54 bits per heavy atom. The van der Waals surface area contributed by atoms with Crippen LogP contribution in [-0.2, 0) is 5.41 Å². The van der Waals surface area contributed by atoms with Crippen LogP contribution in [0.15, 0.2) is 22.7 Å². The van der Waals surface area contributed by atoms with Crippen molar-refractivity contribution in [1.29, 1.82) is 0 Å². The first-order valence-corrected chi connectivity index (χ1v) is 5.41. The molecule has 0 spiro atoms. The molecule has 0 radical (unpaired) electrons. The minimum Gasteiger partial charge on any atom is -0.395 e. The van der Waals surface area contributed by atoms with Crippen molar-refractivity contribution in [2.24, 2.45) is 0 Å². The zero-order valence-electron chi connectivity index (χ0n) is 7.06. The Hall–Kier alpha value is -0.0500. The fourth-order valence-corrected chi connectivity index (χ4v) is 2.41. The fraction of sp³-hybridized carbons (Fsp3) is 0.400. The molecule has 1 N–H and O–H groups in total. The lowest BCUT2D eigenvalue weighted by Gasteiger charge is -2.12. The number of aliphatic hydroxyl groups is 1. The SMILES string of the molecule is OCC1(c2cc(Cl)cc(Br)c2)CC1. The molecule has 0 aromatic heterocycles. The summed E-state index contributed by atoms with van der Waals surface area (Å²) in [6.45, 7) is 0.222. The normalized spacial score (nSPS) is 18.7. The van der Waals surface area contributed by atoms with Crippen molar-refractivity contribution in [2.75, 3.05) is 6.61 Å². The third kappa shape index (κ3) is 1.76. The standard InChI is InChI=1S/C10H10BrClO/c11-8-3-7(4-9(12)5-8)10(6-13)1-2-10/h3-5,13H,1-2,6H2. The molecule has 0 aliphatic heterocycles. The maximum Gasteiger partial charge on any atom is 0.0527 e. The van der Waals surface area contributed by atoms with Crippen molar-refractivity contribution in [3.05, 3.63) is 33.3 Å². The molecule has 2 rings (SSSR count). The van der Waals surface area contributed by atoms with E-state index in [2.05, 4.69) is 15.9 Å². The Bertz CT molecular complexity index is 313. The van der Waals surface area contributed by atoms with Crippen molar-refractivity contribution in [1.82, 2.24) is 0 Å². The Morgan fingerprint density at radius 2 is 2.08 bits per heavy atom. The lowest BCUT2D eigenvalue weighted by molar-refractivity contribution is 0.255. The van der Waals surface area contributed by atoms with E-state index in [4.69, 9.17) is 11.6 Å². The number of hydrogen-bond donors (Lipinski definition) is 1. The van der Waals surface area contributed by atoms with Gasteiger partial charge in [-0.05, 0) is 36.6 Å². The topological polar surface area (TPSA) is 20.2 Å². The predicted molar refractivity (Wildman–Crippen MR) is 57.1 cm³/mol. The van der Waals surface area contributed by atoms with Gasteiger partial charge in [-0.1, -0.05) is 27.5 Å². The Morgan fingerprint density at radius 1 is 1.38 bits per heavy atom. The second-order valence-electron chi connectivity index (χ2n) is 3.60. The van der Waals surface area contributed by atoms with E-state index in [1.54, 1.807) is 0 Å². The van der Waals surface area contributed by atoms with E-state index in [9.17, 15) is 5.11 Å². The Balaban J connectivity index is 2.40. The molecule has 1 aliphatic rings. The van der Waals surface area contributed by atoms with Gasteiger partial charge in [0, 0.05) is 14.9 Å². The van der Waals surface area contributed by atoms with Gasteiger partial charge in [0.15, 0.2) is 0 Å². The highest BCUT2D eigenvalue weighted by Crippen LogP contribution is 2.48. The van der Waals surface area contributed by atoms with E-state index in [0.717, 1.165) is 27.9 Å². The zero-order chi connectivity index (χ0) is 9.47. The van der Waals surface area contributed by atoms with E-state index in [1.807, 2.05) is 18.2 Å². The largest absolute Gasteiger partial charge is 0.395 e. The highest BCUT2D eigenvalue weighted by atomic mass is 79.9. The third-order valence-electron chi connectivity index (χ3n) is 2.63. The summed E-state index contributed by atoms with van der Waals surface area (Å²) in [5.74, 6) is 0. The van der Waals surface area contributed by atoms with Gasteiger partial charge >= 0.3 is 0 Å². The number of benzene rings is 1. The summed E-state index contributed by atoms with van der Waals surface area (Å²) < 4.78 is 0.981. The second kappa shape index (κ2) is 3.26. The first-order chi connectivity index (χ1) is 6.16. The molecule has 0 saturated heterocycles. The van der Waals surface area contributed by atoms with Crippen LogP contribution in [0.3, 0.4) is 0 Å². The molecule has 0 bridgehead atoms.